The fourth-order valence-electron chi connectivity index (χ4n) is 3.01. The van der Waals surface area contributed by atoms with Gasteiger partial charge in [-0.25, -0.2) is 0 Å². The number of nitrogens with one attached hydrogen (secondary N) is 1. The average molecular weight is 342 g/mol. The highest BCUT2D eigenvalue weighted by atomic mass is 35.5. The molecule has 2 unspecified atom stereocenters. The zero-order valence-corrected chi connectivity index (χ0v) is 16.9. The molecule has 3 heteroatoms. The Kier molecular flexibility index (Phi) is 11.6. The second-order valence-electron chi connectivity index (χ2n) is 6.56. The lowest BCUT2D eigenvalue weighted by molar-refractivity contribution is 0.00940. The Morgan fingerprint density at radius 3 is 2.30 bits per heavy atom. The van der Waals surface area contributed by atoms with E-state index in [9.17, 15) is 0 Å². The van der Waals surface area contributed by atoms with E-state index in [0.717, 1.165) is 17.0 Å². The first kappa shape index (κ1) is 22.4. The maximum atomic E-state index is 6.10. The number of methoxy groups -OCH3 is 1. The standard InChI is InChI=1S/C15H21ClO.C3H8.C2H7N/c1-11-10-12(7-8-13(11)16)15(2)9-5-4-6-14(15)17-3;2*1-3-2/h7-8,10,14H,4-6,9H2,1-3H3;3H2,1-2H3;3H,1-2H3. The number of halogens is 1. The van der Waals surface area contributed by atoms with Gasteiger partial charge in [0.2, 0.25) is 0 Å². The molecular weight excluding hydrogens is 306 g/mol. The zero-order valence-electron chi connectivity index (χ0n) is 16.1. The highest BCUT2D eigenvalue weighted by molar-refractivity contribution is 6.31. The van der Waals surface area contributed by atoms with E-state index in [1.807, 2.05) is 27.3 Å². The van der Waals surface area contributed by atoms with Crippen molar-refractivity contribution in [2.24, 2.45) is 0 Å². The molecule has 0 aromatic heterocycles. The normalized spacial score (nSPS) is 23.2. The van der Waals surface area contributed by atoms with Crippen molar-refractivity contribution < 1.29 is 4.74 Å². The van der Waals surface area contributed by atoms with Gasteiger partial charge in [0, 0.05) is 17.5 Å². The summed E-state index contributed by atoms with van der Waals surface area (Å²) in [6.07, 6.45) is 6.51. The molecule has 0 heterocycles. The molecule has 2 nitrogen and oxygen atoms in total. The molecule has 1 aliphatic carbocycles. The molecule has 1 aromatic rings. The second kappa shape index (κ2) is 11.9. The number of hydrogen-bond donors (Lipinski definition) is 1. The highest BCUT2D eigenvalue weighted by Crippen LogP contribution is 2.41. The van der Waals surface area contributed by atoms with Gasteiger partial charge in [0.15, 0.2) is 0 Å². The van der Waals surface area contributed by atoms with Gasteiger partial charge in [-0.15, -0.1) is 0 Å². The Hall–Kier alpha value is -0.570. The quantitative estimate of drug-likeness (QED) is 0.739. The molecule has 0 amide bonds. The van der Waals surface area contributed by atoms with Gasteiger partial charge < -0.3 is 10.1 Å². The first-order valence-corrected chi connectivity index (χ1v) is 9.16. The molecule has 0 radical (unpaired) electrons. The molecule has 0 saturated heterocycles. The lowest BCUT2D eigenvalue weighted by atomic mass is 9.68. The van der Waals surface area contributed by atoms with Gasteiger partial charge >= 0.3 is 0 Å². The zero-order chi connectivity index (χ0) is 17.9. The minimum absolute atomic E-state index is 0.141. The number of hydrogen-bond acceptors (Lipinski definition) is 2. The van der Waals surface area contributed by atoms with E-state index < -0.39 is 0 Å². The van der Waals surface area contributed by atoms with Crippen LogP contribution in [-0.2, 0) is 10.2 Å². The van der Waals surface area contributed by atoms with E-state index in [1.165, 1.54) is 31.2 Å². The van der Waals surface area contributed by atoms with Gasteiger partial charge in [0.25, 0.3) is 0 Å². The minimum atomic E-state index is 0.141. The number of aryl methyl sites for hydroxylation is 1. The van der Waals surface area contributed by atoms with Crippen LogP contribution in [0.3, 0.4) is 0 Å². The predicted molar refractivity (Wildman–Crippen MR) is 104 cm³/mol. The van der Waals surface area contributed by atoms with Crippen molar-refractivity contribution in [3.63, 3.8) is 0 Å². The van der Waals surface area contributed by atoms with E-state index in [0.29, 0.717) is 6.10 Å². The molecular formula is C20H36ClNO. The molecule has 0 aliphatic heterocycles. The molecule has 1 saturated carbocycles. The first-order chi connectivity index (χ1) is 10.9. The molecule has 23 heavy (non-hydrogen) atoms. The van der Waals surface area contributed by atoms with Crippen LogP contribution in [0.2, 0.25) is 5.02 Å². The summed E-state index contributed by atoms with van der Waals surface area (Å²) in [5.41, 5.74) is 2.67. The third kappa shape index (κ3) is 6.82. The molecule has 2 rings (SSSR count). The third-order valence-corrected chi connectivity index (χ3v) is 4.65. The predicted octanol–water partition coefficient (Wildman–Crippen LogP) is 5.75. The molecule has 0 spiro atoms. The summed E-state index contributed by atoms with van der Waals surface area (Å²) < 4.78 is 5.70. The summed E-state index contributed by atoms with van der Waals surface area (Å²) >= 11 is 6.10. The van der Waals surface area contributed by atoms with Crippen LogP contribution in [0.15, 0.2) is 18.2 Å². The summed E-state index contributed by atoms with van der Waals surface area (Å²) in [6, 6.07) is 6.39. The van der Waals surface area contributed by atoms with Gasteiger partial charge in [-0.3, -0.25) is 0 Å². The fraction of sp³-hybridized carbons (Fsp3) is 0.700. The Morgan fingerprint density at radius 1 is 1.26 bits per heavy atom. The van der Waals surface area contributed by atoms with Crippen molar-refractivity contribution in [3.8, 4) is 0 Å². The summed E-state index contributed by atoms with van der Waals surface area (Å²) in [5.74, 6) is 0. The van der Waals surface area contributed by atoms with Crippen LogP contribution in [0.4, 0.5) is 0 Å². The number of benzene rings is 1. The van der Waals surface area contributed by atoms with E-state index in [2.05, 4.69) is 45.1 Å². The first-order valence-electron chi connectivity index (χ1n) is 8.79. The lowest BCUT2D eigenvalue weighted by Gasteiger charge is -2.41. The fourth-order valence-corrected chi connectivity index (χ4v) is 3.13. The third-order valence-electron chi connectivity index (χ3n) is 4.22. The van der Waals surface area contributed by atoms with Gasteiger partial charge in [0.05, 0.1) is 6.10 Å². The van der Waals surface area contributed by atoms with Crippen LogP contribution in [-0.4, -0.2) is 27.3 Å². The van der Waals surface area contributed by atoms with Crippen molar-refractivity contribution in [1.29, 1.82) is 0 Å². The van der Waals surface area contributed by atoms with Crippen LogP contribution in [0.1, 0.15) is 64.0 Å². The average Bonchev–Trinajstić information content (AvgIpc) is 2.52. The minimum Gasteiger partial charge on any atom is -0.381 e. The SMILES string of the molecule is CCC.CNC.COC1CCCCC1(C)c1ccc(Cl)c(C)c1. The molecule has 1 aliphatic rings. The maximum Gasteiger partial charge on any atom is 0.0665 e. The Balaban J connectivity index is 0.000000704. The maximum absolute atomic E-state index is 6.10. The van der Waals surface area contributed by atoms with E-state index >= 15 is 0 Å². The summed E-state index contributed by atoms with van der Waals surface area (Å²) in [7, 11) is 5.58. The van der Waals surface area contributed by atoms with Crippen molar-refractivity contribution >= 4 is 11.6 Å². The van der Waals surface area contributed by atoms with Crippen LogP contribution in [0, 0.1) is 6.92 Å². The van der Waals surface area contributed by atoms with Crippen LogP contribution in [0.25, 0.3) is 0 Å². The topological polar surface area (TPSA) is 21.3 Å². The van der Waals surface area contributed by atoms with E-state index in [1.54, 1.807) is 0 Å². The summed E-state index contributed by atoms with van der Waals surface area (Å²) in [5, 5.41) is 3.60. The van der Waals surface area contributed by atoms with E-state index in [4.69, 9.17) is 16.3 Å². The molecule has 0 bridgehead atoms. The Labute approximate surface area is 149 Å². The van der Waals surface area contributed by atoms with Crippen molar-refractivity contribution in [1.82, 2.24) is 5.32 Å². The van der Waals surface area contributed by atoms with Gasteiger partial charge in [-0.1, -0.05) is 63.8 Å². The molecule has 1 aromatic carbocycles. The molecule has 134 valence electrons. The summed E-state index contributed by atoms with van der Waals surface area (Å²) in [4.78, 5) is 0. The van der Waals surface area contributed by atoms with Crippen molar-refractivity contribution in [2.45, 2.75) is 71.3 Å². The number of ether oxygens (including phenoxy) is 1. The molecule has 2 atom stereocenters. The Morgan fingerprint density at radius 2 is 1.83 bits per heavy atom. The molecule has 1 fully saturated rings. The summed E-state index contributed by atoms with van der Waals surface area (Å²) in [6.45, 7) is 8.64. The van der Waals surface area contributed by atoms with Gasteiger partial charge in [-0.2, -0.15) is 0 Å². The largest absolute Gasteiger partial charge is 0.381 e. The highest BCUT2D eigenvalue weighted by Gasteiger charge is 2.38. The van der Waals surface area contributed by atoms with Gasteiger partial charge in [-0.05, 0) is 51.1 Å². The van der Waals surface area contributed by atoms with Crippen molar-refractivity contribution in [2.75, 3.05) is 21.2 Å². The lowest BCUT2D eigenvalue weighted by Crippen LogP contribution is -2.40. The van der Waals surface area contributed by atoms with Gasteiger partial charge in [0.1, 0.15) is 0 Å². The number of rotatable bonds is 2. The van der Waals surface area contributed by atoms with Crippen LogP contribution >= 0.6 is 11.6 Å². The second-order valence-corrected chi connectivity index (χ2v) is 6.97. The van der Waals surface area contributed by atoms with Crippen molar-refractivity contribution in [3.05, 3.63) is 34.3 Å². The Bertz CT molecular complexity index is 434. The van der Waals surface area contributed by atoms with Crippen LogP contribution in [0.5, 0.6) is 0 Å². The molecule has 1 N–H and O–H groups in total. The smallest absolute Gasteiger partial charge is 0.0665 e. The van der Waals surface area contributed by atoms with E-state index in [-0.39, 0.29) is 5.41 Å². The monoisotopic (exact) mass is 341 g/mol. The van der Waals surface area contributed by atoms with Crippen LogP contribution < -0.4 is 5.32 Å².